The molecule has 0 N–H and O–H groups in total. The van der Waals surface area contributed by atoms with E-state index in [0.717, 1.165) is 44.6 Å². The summed E-state index contributed by atoms with van der Waals surface area (Å²) in [6, 6.07) is 4.21. The van der Waals surface area contributed by atoms with Crippen LogP contribution in [0.2, 0.25) is 5.02 Å². The van der Waals surface area contributed by atoms with Crippen LogP contribution in [0.1, 0.15) is 25.7 Å². The number of pyridine rings is 1. The van der Waals surface area contributed by atoms with Gasteiger partial charge < -0.3 is 9.80 Å². The second-order valence-electron chi connectivity index (χ2n) is 5.78. The minimum Gasteiger partial charge on any atom is -0.356 e. The molecule has 1 aromatic heterocycles. The van der Waals surface area contributed by atoms with Crippen LogP contribution in [-0.2, 0) is 4.79 Å². The molecule has 0 aromatic carbocycles. The Morgan fingerprint density at radius 1 is 1.30 bits per heavy atom. The molecule has 5 heteroatoms. The zero-order chi connectivity index (χ0) is 14.1. The highest BCUT2D eigenvalue weighted by molar-refractivity contribution is 6.30. The fraction of sp³-hybridized carbons (Fsp3) is 0.600. The van der Waals surface area contributed by atoms with Gasteiger partial charge in [-0.2, -0.15) is 0 Å². The summed E-state index contributed by atoms with van der Waals surface area (Å²) < 4.78 is 0. The summed E-state index contributed by atoms with van der Waals surface area (Å²) in [6.07, 6.45) is 5.87. The third-order valence-corrected chi connectivity index (χ3v) is 4.55. The van der Waals surface area contributed by atoms with Gasteiger partial charge in [-0.1, -0.05) is 11.6 Å². The van der Waals surface area contributed by atoms with E-state index in [4.69, 9.17) is 11.6 Å². The zero-order valence-corrected chi connectivity index (χ0v) is 12.5. The Morgan fingerprint density at radius 3 is 2.55 bits per heavy atom. The molecule has 1 aromatic rings. The maximum atomic E-state index is 12.1. The topological polar surface area (TPSA) is 36.4 Å². The van der Waals surface area contributed by atoms with Gasteiger partial charge in [0.15, 0.2) is 0 Å². The summed E-state index contributed by atoms with van der Waals surface area (Å²) in [5, 5.41) is 0.665. The number of piperidine rings is 1. The van der Waals surface area contributed by atoms with Crippen molar-refractivity contribution in [1.82, 2.24) is 9.88 Å². The van der Waals surface area contributed by atoms with Crippen molar-refractivity contribution >= 4 is 23.3 Å². The molecule has 2 heterocycles. The Labute approximate surface area is 124 Å². The Bertz CT molecular complexity index is 478. The number of amides is 1. The predicted octanol–water partition coefficient (Wildman–Crippen LogP) is 2.57. The summed E-state index contributed by atoms with van der Waals surface area (Å²) in [7, 11) is 1.96. The van der Waals surface area contributed by atoms with Crippen molar-refractivity contribution in [3.63, 3.8) is 0 Å². The average molecular weight is 294 g/mol. The number of nitrogens with zero attached hydrogens (tertiary/aromatic N) is 3. The lowest BCUT2D eigenvalue weighted by molar-refractivity contribution is -0.133. The molecule has 1 saturated heterocycles. The Kier molecular flexibility index (Phi) is 3.83. The first-order valence-electron chi connectivity index (χ1n) is 7.28. The highest BCUT2D eigenvalue weighted by atomic mass is 35.5. The summed E-state index contributed by atoms with van der Waals surface area (Å²) >= 11 is 5.86. The van der Waals surface area contributed by atoms with Gasteiger partial charge in [0.1, 0.15) is 5.82 Å². The third-order valence-electron chi connectivity index (χ3n) is 4.32. The monoisotopic (exact) mass is 293 g/mol. The number of hydrogen-bond donors (Lipinski definition) is 0. The summed E-state index contributed by atoms with van der Waals surface area (Å²) in [5.41, 5.74) is 0. The Hall–Kier alpha value is -1.29. The minimum atomic E-state index is 0.316. The molecular weight excluding hydrogens is 274 g/mol. The number of hydrogen-bond acceptors (Lipinski definition) is 3. The molecule has 1 saturated carbocycles. The van der Waals surface area contributed by atoms with E-state index in [1.54, 1.807) is 6.20 Å². The van der Waals surface area contributed by atoms with Crippen LogP contribution in [0, 0.1) is 5.92 Å². The Balaban J connectivity index is 1.56. The molecule has 108 valence electrons. The minimum absolute atomic E-state index is 0.316. The highest BCUT2D eigenvalue weighted by Gasteiger charge is 2.35. The first-order valence-corrected chi connectivity index (χ1v) is 7.66. The largest absolute Gasteiger partial charge is 0.356 e. The van der Waals surface area contributed by atoms with E-state index in [1.807, 2.05) is 24.1 Å². The zero-order valence-electron chi connectivity index (χ0n) is 11.8. The molecule has 0 unspecified atom stereocenters. The van der Waals surface area contributed by atoms with Gasteiger partial charge in [-0.05, 0) is 37.8 Å². The number of aromatic nitrogens is 1. The molecule has 0 atom stereocenters. The standard InChI is InChI=1S/C15H20ClN3O/c1-18(15(20)11-2-3-11)13-6-8-19(9-7-13)14-5-4-12(16)10-17-14/h4-5,10-11,13H,2-3,6-9H2,1H3. The molecule has 0 bridgehead atoms. The van der Waals surface area contributed by atoms with Crippen LogP contribution in [-0.4, -0.2) is 42.0 Å². The lowest BCUT2D eigenvalue weighted by Crippen LogP contribution is -2.46. The second-order valence-corrected chi connectivity index (χ2v) is 6.21. The van der Waals surface area contributed by atoms with E-state index in [0.29, 0.717) is 22.9 Å². The molecule has 0 radical (unpaired) electrons. The SMILES string of the molecule is CN(C(=O)C1CC1)C1CCN(c2ccc(Cl)cn2)CC1. The maximum Gasteiger partial charge on any atom is 0.225 e. The van der Waals surface area contributed by atoms with Gasteiger partial charge in [0.25, 0.3) is 0 Å². The number of carbonyl (C=O) groups is 1. The first-order chi connectivity index (χ1) is 9.65. The van der Waals surface area contributed by atoms with Crippen LogP contribution in [0.15, 0.2) is 18.3 Å². The van der Waals surface area contributed by atoms with Gasteiger partial charge in [-0.25, -0.2) is 4.98 Å². The molecule has 0 spiro atoms. The molecule has 1 aliphatic heterocycles. The normalized spacial score (nSPS) is 20.0. The number of anilines is 1. The molecule has 1 amide bonds. The van der Waals surface area contributed by atoms with E-state index in [9.17, 15) is 4.79 Å². The van der Waals surface area contributed by atoms with E-state index >= 15 is 0 Å². The highest BCUT2D eigenvalue weighted by Crippen LogP contribution is 2.32. The van der Waals surface area contributed by atoms with Crippen molar-refractivity contribution in [2.24, 2.45) is 5.92 Å². The van der Waals surface area contributed by atoms with E-state index < -0.39 is 0 Å². The van der Waals surface area contributed by atoms with Gasteiger partial charge >= 0.3 is 0 Å². The van der Waals surface area contributed by atoms with Crippen molar-refractivity contribution in [1.29, 1.82) is 0 Å². The van der Waals surface area contributed by atoms with Gasteiger partial charge in [-0.15, -0.1) is 0 Å². The smallest absolute Gasteiger partial charge is 0.225 e. The van der Waals surface area contributed by atoms with E-state index in [2.05, 4.69) is 9.88 Å². The molecule has 20 heavy (non-hydrogen) atoms. The molecule has 1 aliphatic carbocycles. The van der Waals surface area contributed by atoms with E-state index in [1.165, 1.54) is 0 Å². The molecule has 3 rings (SSSR count). The molecule has 2 fully saturated rings. The van der Waals surface area contributed by atoms with Gasteiger partial charge in [0, 0.05) is 38.3 Å². The lowest BCUT2D eigenvalue weighted by Gasteiger charge is -2.37. The van der Waals surface area contributed by atoms with Crippen molar-refractivity contribution in [2.75, 3.05) is 25.0 Å². The maximum absolute atomic E-state index is 12.1. The average Bonchev–Trinajstić information content (AvgIpc) is 3.31. The summed E-state index contributed by atoms with van der Waals surface area (Å²) in [4.78, 5) is 20.7. The molecule has 4 nitrogen and oxygen atoms in total. The van der Waals surface area contributed by atoms with Crippen LogP contribution < -0.4 is 4.90 Å². The van der Waals surface area contributed by atoms with Crippen LogP contribution in [0.3, 0.4) is 0 Å². The van der Waals surface area contributed by atoms with Gasteiger partial charge in [0.2, 0.25) is 5.91 Å². The van der Waals surface area contributed by atoms with Crippen molar-refractivity contribution in [2.45, 2.75) is 31.7 Å². The van der Waals surface area contributed by atoms with E-state index in [-0.39, 0.29) is 0 Å². The lowest BCUT2D eigenvalue weighted by atomic mass is 10.0. The fourth-order valence-corrected chi connectivity index (χ4v) is 2.95. The van der Waals surface area contributed by atoms with Crippen molar-refractivity contribution in [3.8, 4) is 0 Å². The number of halogens is 1. The number of carbonyl (C=O) groups excluding carboxylic acids is 1. The van der Waals surface area contributed by atoms with Crippen LogP contribution in [0.5, 0.6) is 0 Å². The first kappa shape index (κ1) is 13.7. The van der Waals surface area contributed by atoms with Crippen molar-refractivity contribution in [3.05, 3.63) is 23.4 Å². The number of rotatable bonds is 3. The van der Waals surface area contributed by atoms with Crippen LogP contribution in [0.25, 0.3) is 0 Å². The predicted molar refractivity (Wildman–Crippen MR) is 80.0 cm³/mol. The summed E-state index contributed by atoms with van der Waals surface area (Å²) in [5.74, 6) is 1.63. The van der Waals surface area contributed by atoms with Crippen LogP contribution >= 0.6 is 11.6 Å². The van der Waals surface area contributed by atoms with Crippen LogP contribution in [0.4, 0.5) is 5.82 Å². The molecular formula is C15H20ClN3O. The Morgan fingerprint density at radius 2 is 2.00 bits per heavy atom. The molecule has 2 aliphatic rings. The fourth-order valence-electron chi connectivity index (χ4n) is 2.84. The quantitative estimate of drug-likeness (QED) is 0.859. The van der Waals surface area contributed by atoms with Gasteiger partial charge in [0.05, 0.1) is 5.02 Å². The summed E-state index contributed by atoms with van der Waals surface area (Å²) in [6.45, 7) is 1.89. The second kappa shape index (κ2) is 5.60. The third kappa shape index (κ3) is 2.90. The van der Waals surface area contributed by atoms with Crippen molar-refractivity contribution < 1.29 is 4.79 Å². The van der Waals surface area contributed by atoms with Gasteiger partial charge in [-0.3, -0.25) is 4.79 Å².